The molecule has 1 amide bonds. The van der Waals surface area contributed by atoms with Crippen LogP contribution in [0.5, 0.6) is 5.75 Å². The SMILES string of the molecule is CCOC(=O)C1(NC(=O)Cc2ccc(OCc3ccsc3)cc2)Cc2ccc(-c3ccc(Cl)cc3)cc2C1. The van der Waals surface area contributed by atoms with Gasteiger partial charge in [0.1, 0.15) is 17.9 Å². The summed E-state index contributed by atoms with van der Waals surface area (Å²) in [6.45, 7) is 2.53. The van der Waals surface area contributed by atoms with Crippen molar-refractivity contribution in [1.82, 2.24) is 5.32 Å². The fraction of sp³-hybridized carbons (Fsp3) is 0.226. The molecule has 1 atom stereocenters. The average Bonchev–Trinajstić information content (AvgIpc) is 3.56. The molecule has 0 saturated heterocycles. The van der Waals surface area contributed by atoms with Crippen LogP contribution in [0, 0.1) is 0 Å². The number of carbonyl (C=O) groups is 2. The van der Waals surface area contributed by atoms with Crippen LogP contribution in [0.3, 0.4) is 0 Å². The summed E-state index contributed by atoms with van der Waals surface area (Å²) >= 11 is 7.68. The van der Waals surface area contributed by atoms with Gasteiger partial charge in [-0.05, 0) is 81.4 Å². The van der Waals surface area contributed by atoms with Crippen molar-refractivity contribution >= 4 is 34.8 Å². The maximum atomic E-state index is 13.2. The highest BCUT2D eigenvalue weighted by atomic mass is 35.5. The van der Waals surface area contributed by atoms with Crippen LogP contribution in [-0.2, 0) is 40.2 Å². The van der Waals surface area contributed by atoms with Gasteiger partial charge in [0.2, 0.25) is 5.91 Å². The van der Waals surface area contributed by atoms with E-state index in [1.807, 2.05) is 72.1 Å². The van der Waals surface area contributed by atoms with Crippen molar-refractivity contribution < 1.29 is 19.1 Å². The standard InChI is InChI=1S/C31H28ClNO4S/c1-2-36-30(35)31(17-25-6-5-24(16-26(25)18-31)23-7-9-27(32)10-8-23)33-29(34)15-21-3-11-28(12-4-21)37-19-22-13-14-38-20-22/h3-14,16,20H,2,15,17-19H2,1H3,(H,33,34). The van der Waals surface area contributed by atoms with E-state index in [-0.39, 0.29) is 18.9 Å². The molecule has 0 saturated carbocycles. The number of esters is 1. The summed E-state index contributed by atoms with van der Waals surface area (Å²) in [5.74, 6) is 0.108. The van der Waals surface area contributed by atoms with Gasteiger partial charge in [0.25, 0.3) is 0 Å². The molecule has 5 nitrogen and oxygen atoms in total. The van der Waals surface area contributed by atoms with Gasteiger partial charge in [-0.2, -0.15) is 11.3 Å². The van der Waals surface area contributed by atoms with Gasteiger partial charge in [0, 0.05) is 17.9 Å². The third-order valence-corrected chi connectivity index (χ3v) is 7.67. The molecule has 1 N–H and O–H groups in total. The topological polar surface area (TPSA) is 64.6 Å². The van der Waals surface area contributed by atoms with E-state index in [1.165, 1.54) is 0 Å². The second kappa shape index (κ2) is 11.4. The maximum absolute atomic E-state index is 13.2. The second-order valence-corrected chi connectivity index (χ2v) is 10.7. The maximum Gasteiger partial charge on any atom is 0.332 e. The number of nitrogens with one attached hydrogen (secondary N) is 1. The molecule has 194 valence electrons. The molecule has 1 aliphatic rings. The molecule has 7 heteroatoms. The molecule has 1 aliphatic carbocycles. The van der Waals surface area contributed by atoms with Crippen molar-refractivity contribution in [2.75, 3.05) is 6.61 Å². The van der Waals surface area contributed by atoms with Crippen LogP contribution in [0.4, 0.5) is 0 Å². The van der Waals surface area contributed by atoms with Crippen molar-refractivity contribution in [3.05, 3.63) is 111 Å². The number of benzene rings is 3. The van der Waals surface area contributed by atoms with Gasteiger partial charge in [-0.3, -0.25) is 4.79 Å². The van der Waals surface area contributed by atoms with Gasteiger partial charge in [-0.15, -0.1) is 0 Å². The fourth-order valence-corrected chi connectivity index (χ4v) is 5.57. The molecule has 38 heavy (non-hydrogen) atoms. The van der Waals surface area contributed by atoms with Gasteiger partial charge in [-0.1, -0.05) is 54.1 Å². The Morgan fingerprint density at radius 2 is 1.66 bits per heavy atom. The van der Waals surface area contributed by atoms with Crippen molar-refractivity contribution in [1.29, 1.82) is 0 Å². The van der Waals surface area contributed by atoms with Crippen LogP contribution in [0.15, 0.2) is 83.6 Å². The predicted molar refractivity (Wildman–Crippen MR) is 151 cm³/mol. The van der Waals surface area contributed by atoms with Gasteiger partial charge in [-0.25, -0.2) is 4.79 Å². The summed E-state index contributed by atoms with van der Waals surface area (Å²) in [5.41, 5.74) is 4.97. The zero-order valence-electron chi connectivity index (χ0n) is 21.0. The third-order valence-electron chi connectivity index (χ3n) is 6.69. The third kappa shape index (κ3) is 5.93. The minimum absolute atomic E-state index is 0.151. The lowest BCUT2D eigenvalue weighted by Crippen LogP contribution is -2.56. The van der Waals surface area contributed by atoms with E-state index in [4.69, 9.17) is 21.1 Å². The van der Waals surface area contributed by atoms with Crippen molar-refractivity contribution in [2.24, 2.45) is 0 Å². The highest BCUT2D eigenvalue weighted by Gasteiger charge is 2.46. The molecule has 5 rings (SSSR count). The Labute approximate surface area is 231 Å². The molecular weight excluding hydrogens is 518 g/mol. The lowest BCUT2D eigenvalue weighted by atomic mass is 9.95. The summed E-state index contributed by atoms with van der Waals surface area (Å²) in [6, 6.07) is 23.3. The van der Waals surface area contributed by atoms with Crippen LogP contribution in [-0.4, -0.2) is 24.0 Å². The Morgan fingerprint density at radius 1 is 0.921 bits per heavy atom. The molecule has 1 aromatic heterocycles. The van der Waals surface area contributed by atoms with E-state index < -0.39 is 11.5 Å². The number of halogens is 1. The van der Waals surface area contributed by atoms with E-state index >= 15 is 0 Å². The van der Waals surface area contributed by atoms with Gasteiger partial charge in [0.05, 0.1) is 13.0 Å². The van der Waals surface area contributed by atoms with Crippen molar-refractivity contribution in [2.45, 2.75) is 38.3 Å². The number of hydrogen-bond acceptors (Lipinski definition) is 5. The first kappa shape index (κ1) is 26.0. The number of hydrogen-bond donors (Lipinski definition) is 1. The molecule has 0 bridgehead atoms. The van der Waals surface area contributed by atoms with Gasteiger partial charge < -0.3 is 14.8 Å². The highest BCUT2D eigenvalue weighted by molar-refractivity contribution is 7.07. The molecule has 4 aromatic rings. The Morgan fingerprint density at radius 3 is 2.37 bits per heavy atom. The number of rotatable bonds is 9. The van der Waals surface area contributed by atoms with Gasteiger partial charge >= 0.3 is 5.97 Å². The summed E-state index contributed by atoms with van der Waals surface area (Å²) in [4.78, 5) is 26.3. The number of carbonyl (C=O) groups excluding carboxylic acids is 2. The molecule has 1 heterocycles. The normalized spacial score (nSPS) is 16.1. The first-order valence-corrected chi connectivity index (χ1v) is 13.8. The first-order valence-electron chi connectivity index (χ1n) is 12.5. The van der Waals surface area contributed by atoms with E-state index in [2.05, 4.69) is 16.8 Å². The zero-order valence-corrected chi connectivity index (χ0v) is 22.6. The van der Waals surface area contributed by atoms with Crippen LogP contribution in [0.25, 0.3) is 11.1 Å². The van der Waals surface area contributed by atoms with E-state index in [9.17, 15) is 9.59 Å². The Hall–Kier alpha value is -3.61. The van der Waals surface area contributed by atoms with Crippen molar-refractivity contribution in [3.8, 4) is 16.9 Å². The highest BCUT2D eigenvalue weighted by Crippen LogP contribution is 2.35. The lowest BCUT2D eigenvalue weighted by molar-refractivity contribution is -0.153. The molecule has 0 radical (unpaired) electrons. The quantitative estimate of drug-likeness (QED) is 0.247. The monoisotopic (exact) mass is 545 g/mol. The zero-order chi connectivity index (χ0) is 26.5. The van der Waals surface area contributed by atoms with E-state index in [0.717, 1.165) is 39.1 Å². The number of ether oxygens (including phenoxy) is 2. The summed E-state index contributed by atoms with van der Waals surface area (Å²) in [6.07, 6.45) is 0.922. The second-order valence-electron chi connectivity index (χ2n) is 9.44. The van der Waals surface area contributed by atoms with Crippen LogP contribution < -0.4 is 10.1 Å². The van der Waals surface area contributed by atoms with Crippen LogP contribution >= 0.6 is 22.9 Å². The van der Waals surface area contributed by atoms with E-state index in [1.54, 1.807) is 18.3 Å². The summed E-state index contributed by atoms with van der Waals surface area (Å²) < 4.78 is 11.2. The minimum atomic E-state index is -1.13. The molecule has 1 unspecified atom stereocenters. The number of thiophene rings is 1. The summed E-state index contributed by atoms with van der Waals surface area (Å²) in [5, 5.41) is 7.79. The number of amides is 1. The largest absolute Gasteiger partial charge is 0.489 e. The Balaban J connectivity index is 1.28. The molecule has 0 spiro atoms. The van der Waals surface area contributed by atoms with Crippen LogP contribution in [0.1, 0.15) is 29.2 Å². The number of fused-ring (bicyclic) bond motifs is 1. The smallest absolute Gasteiger partial charge is 0.332 e. The fourth-order valence-electron chi connectivity index (χ4n) is 4.79. The first-order chi connectivity index (χ1) is 18.4. The van der Waals surface area contributed by atoms with Gasteiger partial charge in [0.15, 0.2) is 0 Å². The van der Waals surface area contributed by atoms with Crippen molar-refractivity contribution in [3.63, 3.8) is 0 Å². The van der Waals surface area contributed by atoms with Crippen LogP contribution in [0.2, 0.25) is 5.02 Å². The molecule has 0 aliphatic heterocycles. The Kier molecular flexibility index (Phi) is 7.82. The Bertz CT molecular complexity index is 1420. The van der Waals surface area contributed by atoms with E-state index in [0.29, 0.717) is 24.5 Å². The average molecular weight is 546 g/mol. The minimum Gasteiger partial charge on any atom is -0.489 e. The molecular formula is C31H28ClNO4S. The molecule has 0 fully saturated rings. The lowest BCUT2D eigenvalue weighted by Gasteiger charge is -2.28. The predicted octanol–water partition coefficient (Wildman–Crippen LogP) is 6.41. The summed E-state index contributed by atoms with van der Waals surface area (Å²) in [7, 11) is 0. The molecule has 3 aromatic carbocycles.